The molecule has 2 aliphatic rings. The topological polar surface area (TPSA) is 171 Å². The highest BCUT2D eigenvalue weighted by Crippen LogP contribution is 2.20. The lowest BCUT2D eigenvalue weighted by atomic mass is 10.1. The first kappa shape index (κ1) is 22.2. The molecule has 1 atom stereocenters. The quantitative estimate of drug-likeness (QED) is 0.214. The summed E-state index contributed by atoms with van der Waals surface area (Å²) in [7, 11) is -3.74. The third-order valence-corrected chi connectivity index (χ3v) is 5.96. The number of carbonyl (C=O) groups excluding carboxylic acids is 4. The molecule has 12 heteroatoms. The first-order chi connectivity index (χ1) is 13.0. The van der Waals surface area contributed by atoms with Gasteiger partial charge in [0.15, 0.2) is 15.1 Å². The Kier molecular flexibility index (Phi) is 7.12. The van der Waals surface area contributed by atoms with Crippen LogP contribution in [0.3, 0.4) is 0 Å². The lowest BCUT2D eigenvalue weighted by molar-refractivity contribution is -0.197. The number of sulfone groups is 1. The summed E-state index contributed by atoms with van der Waals surface area (Å²) < 4.78 is 22.9. The largest absolute Gasteiger partial charge is 0.356 e. The highest BCUT2D eigenvalue weighted by atomic mass is 32.2. The molecule has 0 spiro atoms. The Morgan fingerprint density at radius 2 is 1.89 bits per heavy atom. The van der Waals surface area contributed by atoms with Gasteiger partial charge in [0.25, 0.3) is 11.8 Å². The number of imide groups is 1. The molecule has 28 heavy (non-hydrogen) atoms. The van der Waals surface area contributed by atoms with Crippen molar-refractivity contribution in [1.29, 1.82) is 0 Å². The molecule has 158 valence electrons. The maximum atomic E-state index is 11.9. The van der Waals surface area contributed by atoms with Crippen LogP contribution in [0.15, 0.2) is 0 Å². The molecule has 0 bridgehead atoms. The van der Waals surface area contributed by atoms with E-state index in [-0.39, 0.29) is 23.1 Å². The molecule has 1 unspecified atom stereocenters. The first-order valence-corrected chi connectivity index (χ1v) is 11.0. The summed E-state index contributed by atoms with van der Waals surface area (Å²) in [5.74, 6) is -2.70. The van der Waals surface area contributed by atoms with Crippen molar-refractivity contribution in [2.45, 2.75) is 62.8 Å². The summed E-state index contributed by atoms with van der Waals surface area (Å²) in [6.07, 6.45) is 3.18. The van der Waals surface area contributed by atoms with Crippen LogP contribution in [0.2, 0.25) is 0 Å². The van der Waals surface area contributed by atoms with Gasteiger partial charge in [0.1, 0.15) is 0 Å². The average Bonchev–Trinajstić information content (AvgIpc) is 3.27. The predicted molar refractivity (Wildman–Crippen MR) is 96.6 cm³/mol. The zero-order chi connectivity index (χ0) is 20.9. The highest BCUT2D eigenvalue weighted by Gasteiger charge is 2.46. The van der Waals surface area contributed by atoms with Gasteiger partial charge in [-0.3, -0.25) is 14.4 Å². The molecule has 3 N–H and O–H groups in total. The van der Waals surface area contributed by atoms with Gasteiger partial charge >= 0.3 is 5.97 Å². The van der Waals surface area contributed by atoms with Crippen molar-refractivity contribution in [3.8, 4) is 0 Å². The van der Waals surface area contributed by atoms with E-state index in [4.69, 9.17) is 4.84 Å². The van der Waals surface area contributed by atoms with E-state index < -0.39 is 39.3 Å². The van der Waals surface area contributed by atoms with Gasteiger partial charge in [-0.1, -0.05) is 6.42 Å². The Morgan fingerprint density at radius 1 is 1.21 bits per heavy atom. The van der Waals surface area contributed by atoms with E-state index in [9.17, 15) is 27.6 Å². The van der Waals surface area contributed by atoms with Crippen LogP contribution in [-0.2, 0) is 33.9 Å². The van der Waals surface area contributed by atoms with Crippen LogP contribution in [0.5, 0.6) is 0 Å². The van der Waals surface area contributed by atoms with E-state index in [0.29, 0.717) is 38.6 Å². The molecular formula is C16H26N4O7S. The number of carbonyl (C=O) groups is 4. The Morgan fingerprint density at radius 3 is 2.46 bits per heavy atom. The Hall–Kier alpha value is -2.05. The Balaban J connectivity index is 1.57. The van der Waals surface area contributed by atoms with Crippen LogP contribution in [0.25, 0.3) is 0 Å². The zero-order valence-electron chi connectivity index (χ0n) is 15.9. The molecule has 0 aliphatic carbocycles. The lowest BCUT2D eigenvalue weighted by Crippen LogP contribution is -2.36. The number of nitrogens with one attached hydrogen (secondary N) is 3. The minimum atomic E-state index is -3.74. The summed E-state index contributed by atoms with van der Waals surface area (Å²) in [6.45, 7) is 2.45. The molecule has 2 aliphatic heterocycles. The van der Waals surface area contributed by atoms with E-state index in [1.54, 1.807) is 0 Å². The van der Waals surface area contributed by atoms with Crippen LogP contribution in [-0.4, -0.2) is 60.9 Å². The number of hydrazine groups is 1. The van der Waals surface area contributed by atoms with Gasteiger partial charge < -0.3 is 10.2 Å². The fraction of sp³-hybridized carbons (Fsp3) is 0.750. The van der Waals surface area contributed by atoms with E-state index in [0.717, 1.165) is 6.26 Å². The molecule has 2 saturated heterocycles. The minimum Gasteiger partial charge on any atom is -0.356 e. The number of hydrogen-bond acceptors (Lipinski definition) is 9. The molecule has 3 amide bonds. The monoisotopic (exact) mass is 418 g/mol. The lowest BCUT2D eigenvalue weighted by Gasteiger charge is -2.13. The molecule has 0 aromatic heterocycles. The fourth-order valence-corrected chi connectivity index (χ4v) is 3.55. The molecule has 2 fully saturated rings. The summed E-state index contributed by atoms with van der Waals surface area (Å²) in [4.78, 5) is 51.7. The number of nitrogens with zero attached hydrogens (tertiary/aromatic N) is 1. The second-order valence-corrected chi connectivity index (χ2v) is 9.48. The van der Waals surface area contributed by atoms with E-state index in [1.165, 1.54) is 0 Å². The summed E-state index contributed by atoms with van der Waals surface area (Å²) in [5.41, 5.74) is 5.76. The number of hydroxylamine groups is 2. The van der Waals surface area contributed by atoms with Crippen LogP contribution >= 0.6 is 0 Å². The number of unbranched alkanes of at least 4 members (excludes halogenated alkanes) is 2. The molecule has 0 aromatic rings. The molecule has 2 heterocycles. The predicted octanol–water partition coefficient (Wildman–Crippen LogP) is -1.10. The van der Waals surface area contributed by atoms with Gasteiger partial charge in [-0.15, -0.1) is 5.06 Å². The van der Waals surface area contributed by atoms with Crippen molar-refractivity contribution < 1.29 is 32.4 Å². The molecule has 2 rings (SSSR count). The number of hydrogen-bond donors (Lipinski definition) is 3. The van der Waals surface area contributed by atoms with Crippen LogP contribution in [0, 0.1) is 0 Å². The fourth-order valence-electron chi connectivity index (χ4n) is 2.64. The third-order valence-electron chi connectivity index (χ3n) is 4.56. The second-order valence-electron chi connectivity index (χ2n) is 7.25. The number of amides is 3. The van der Waals surface area contributed by atoms with E-state index in [1.807, 2.05) is 6.92 Å². The first-order valence-electron chi connectivity index (χ1n) is 9.09. The van der Waals surface area contributed by atoms with Crippen molar-refractivity contribution in [2.75, 3.05) is 12.8 Å². The normalized spacial score (nSPS) is 20.9. The Bertz CT molecular complexity index is 748. The summed E-state index contributed by atoms with van der Waals surface area (Å²) in [5, 5.41) is 1.55. The third kappa shape index (κ3) is 6.53. The maximum absolute atomic E-state index is 11.9. The van der Waals surface area contributed by atoms with Crippen molar-refractivity contribution >= 4 is 33.5 Å². The van der Waals surface area contributed by atoms with Crippen molar-refractivity contribution in [2.24, 2.45) is 0 Å². The average molecular weight is 418 g/mol. The molecular weight excluding hydrogens is 392 g/mol. The standard InChI is InChI=1S/C16H26N4O7S/c1-16(18-19-16)8-7-12(21)17-9-5-3-4-6-14(23)27-20-13(22)10-11(15(20)24)28(2,25)26/h11,18-19H,3-10H2,1-2H3,(H,17,21). The van der Waals surface area contributed by atoms with Gasteiger partial charge in [-0.2, -0.15) is 0 Å². The molecule has 11 nitrogen and oxygen atoms in total. The van der Waals surface area contributed by atoms with Crippen molar-refractivity contribution in [3.05, 3.63) is 0 Å². The van der Waals surface area contributed by atoms with Gasteiger partial charge in [0.05, 0.1) is 12.1 Å². The van der Waals surface area contributed by atoms with Crippen molar-refractivity contribution in [1.82, 2.24) is 21.2 Å². The molecule has 0 radical (unpaired) electrons. The SMILES string of the molecule is CC1(CCC(=O)NCCCCCC(=O)ON2C(=O)CC(S(C)(=O)=O)C2=O)NN1. The number of rotatable bonds is 11. The minimum absolute atomic E-state index is 0.0236. The molecule has 0 saturated carbocycles. The van der Waals surface area contributed by atoms with Crippen LogP contribution < -0.4 is 16.2 Å². The van der Waals surface area contributed by atoms with E-state index in [2.05, 4.69) is 16.2 Å². The smallest absolute Gasteiger partial charge is 0.333 e. The maximum Gasteiger partial charge on any atom is 0.333 e. The van der Waals surface area contributed by atoms with Crippen LogP contribution in [0.4, 0.5) is 0 Å². The van der Waals surface area contributed by atoms with Crippen LogP contribution in [0.1, 0.15) is 51.9 Å². The van der Waals surface area contributed by atoms with Gasteiger partial charge in [0.2, 0.25) is 5.91 Å². The molecule has 0 aromatic carbocycles. The van der Waals surface area contributed by atoms with E-state index >= 15 is 0 Å². The Labute approximate surface area is 163 Å². The van der Waals surface area contributed by atoms with Gasteiger partial charge in [-0.05, 0) is 26.2 Å². The van der Waals surface area contributed by atoms with Gasteiger partial charge in [0, 0.05) is 25.6 Å². The highest BCUT2D eigenvalue weighted by molar-refractivity contribution is 7.92. The summed E-state index contributed by atoms with van der Waals surface area (Å²) >= 11 is 0. The zero-order valence-corrected chi connectivity index (χ0v) is 16.8. The van der Waals surface area contributed by atoms with Crippen molar-refractivity contribution in [3.63, 3.8) is 0 Å². The van der Waals surface area contributed by atoms with Gasteiger partial charge in [-0.25, -0.2) is 24.1 Å². The summed E-state index contributed by atoms with van der Waals surface area (Å²) in [6, 6.07) is 0. The second kappa shape index (κ2) is 8.97.